The Morgan fingerprint density at radius 2 is 2.27 bits per heavy atom. The van der Waals surface area contributed by atoms with E-state index in [0.29, 0.717) is 5.02 Å². The summed E-state index contributed by atoms with van der Waals surface area (Å²) < 4.78 is 1.68. The standard InChI is InChI=1S/C10H11ClN4/c1-15-10(8(11)6-14-15)9(12)7-3-2-4-13-5-7/h2-6,9H,12H2,1H3. The molecule has 0 aliphatic heterocycles. The van der Waals surface area contributed by atoms with Gasteiger partial charge in [0.2, 0.25) is 0 Å². The fourth-order valence-corrected chi connectivity index (χ4v) is 1.77. The summed E-state index contributed by atoms with van der Waals surface area (Å²) in [5, 5.41) is 4.62. The van der Waals surface area contributed by atoms with Gasteiger partial charge in [-0.1, -0.05) is 17.7 Å². The predicted octanol–water partition coefficient (Wildman–Crippen LogP) is 1.52. The van der Waals surface area contributed by atoms with Crippen molar-refractivity contribution in [2.75, 3.05) is 0 Å². The van der Waals surface area contributed by atoms with E-state index in [9.17, 15) is 0 Å². The molecule has 2 N–H and O–H groups in total. The highest BCUT2D eigenvalue weighted by Gasteiger charge is 2.16. The molecule has 2 heterocycles. The van der Waals surface area contributed by atoms with E-state index < -0.39 is 0 Å². The number of nitrogens with two attached hydrogens (primary N) is 1. The van der Waals surface area contributed by atoms with Crippen LogP contribution in [0.25, 0.3) is 0 Å². The minimum Gasteiger partial charge on any atom is -0.319 e. The van der Waals surface area contributed by atoms with Crippen LogP contribution in [0, 0.1) is 0 Å². The van der Waals surface area contributed by atoms with E-state index in [-0.39, 0.29) is 6.04 Å². The van der Waals surface area contributed by atoms with Gasteiger partial charge in [0, 0.05) is 19.4 Å². The summed E-state index contributed by atoms with van der Waals surface area (Å²) in [5.41, 5.74) is 7.79. The second kappa shape index (κ2) is 4.00. The summed E-state index contributed by atoms with van der Waals surface area (Å²) in [6.45, 7) is 0. The molecule has 2 aromatic heterocycles. The van der Waals surface area contributed by atoms with Gasteiger partial charge in [-0.15, -0.1) is 0 Å². The number of aromatic nitrogens is 3. The molecule has 78 valence electrons. The molecular formula is C10H11ClN4. The first-order valence-corrected chi connectivity index (χ1v) is 4.91. The summed E-state index contributed by atoms with van der Waals surface area (Å²) in [7, 11) is 1.82. The molecule has 0 aromatic carbocycles. The van der Waals surface area contributed by atoms with E-state index in [1.165, 1.54) is 0 Å². The Morgan fingerprint density at radius 1 is 1.47 bits per heavy atom. The Kier molecular flexibility index (Phi) is 2.70. The number of hydrogen-bond acceptors (Lipinski definition) is 3. The number of nitrogens with zero attached hydrogens (tertiary/aromatic N) is 3. The topological polar surface area (TPSA) is 56.7 Å². The Morgan fingerprint density at radius 3 is 2.80 bits per heavy atom. The first-order chi connectivity index (χ1) is 7.20. The highest BCUT2D eigenvalue weighted by atomic mass is 35.5. The Labute approximate surface area is 92.7 Å². The van der Waals surface area contributed by atoms with E-state index >= 15 is 0 Å². The van der Waals surface area contributed by atoms with E-state index in [1.54, 1.807) is 23.3 Å². The largest absolute Gasteiger partial charge is 0.319 e. The maximum atomic E-state index is 6.08. The lowest BCUT2D eigenvalue weighted by Crippen LogP contribution is -2.16. The molecule has 0 aliphatic rings. The summed E-state index contributed by atoms with van der Waals surface area (Å²) in [6, 6.07) is 3.47. The Balaban J connectivity index is 2.41. The monoisotopic (exact) mass is 222 g/mol. The van der Waals surface area contributed by atoms with Crippen LogP contribution in [0.2, 0.25) is 5.02 Å². The second-order valence-corrected chi connectivity index (χ2v) is 3.67. The Bertz CT molecular complexity index is 432. The molecule has 2 aromatic rings. The molecule has 5 heteroatoms. The lowest BCUT2D eigenvalue weighted by Gasteiger charge is -2.12. The van der Waals surface area contributed by atoms with Gasteiger partial charge in [0.05, 0.1) is 23.0 Å². The predicted molar refractivity (Wildman–Crippen MR) is 58.5 cm³/mol. The first-order valence-electron chi connectivity index (χ1n) is 4.53. The molecule has 15 heavy (non-hydrogen) atoms. The van der Waals surface area contributed by atoms with Crippen molar-refractivity contribution in [3.63, 3.8) is 0 Å². The van der Waals surface area contributed by atoms with Crippen LogP contribution in [0.5, 0.6) is 0 Å². The molecule has 0 fully saturated rings. The molecule has 0 amide bonds. The van der Waals surface area contributed by atoms with Crippen molar-refractivity contribution >= 4 is 11.6 Å². The third-order valence-corrected chi connectivity index (χ3v) is 2.57. The van der Waals surface area contributed by atoms with Gasteiger partial charge in [0.15, 0.2) is 0 Å². The van der Waals surface area contributed by atoms with Gasteiger partial charge < -0.3 is 5.73 Å². The van der Waals surface area contributed by atoms with Crippen LogP contribution in [0.4, 0.5) is 0 Å². The maximum absolute atomic E-state index is 6.08. The summed E-state index contributed by atoms with van der Waals surface area (Å²) in [6.07, 6.45) is 5.03. The number of pyridine rings is 1. The smallest absolute Gasteiger partial charge is 0.0837 e. The minimum atomic E-state index is -0.293. The summed E-state index contributed by atoms with van der Waals surface area (Å²) in [5.74, 6) is 0. The first kappa shape index (κ1) is 10.1. The zero-order valence-corrected chi connectivity index (χ0v) is 9.02. The van der Waals surface area contributed by atoms with Crippen LogP contribution >= 0.6 is 11.6 Å². The van der Waals surface area contributed by atoms with Crippen LogP contribution in [0.1, 0.15) is 17.3 Å². The average molecular weight is 223 g/mol. The van der Waals surface area contributed by atoms with Crippen LogP contribution in [-0.4, -0.2) is 14.8 Å². The fourth-order valence-electron chi connectivity index (χ4n) is 1.49. The second-order valence-electron chi connectivity index (χ2n) is 3.27. The number of aryl methyl sites for hydroxylation is 1. The minimum absolute atomic E-state index is 0.293. The lowest BCUT2D eigenvalue weighted by molar-refractivity contribution is 0.672. The number of hydrogen-bond donors (Lipinski definition) is 1. The molecule has 2 rings (SSSR count). The summed E-state index contributed by atoms with van der Waals surface area (Å²) >= 11 is 6.01. The molecule has 1 atom stereocenters. The van der Waals surface area contributed by atoms with Gasteiger partial charge in [0.1, 0.15) is 0 Å². The van der Waals surface area contributed by atoms with Gasteiger partial charge >= 0.3 is 0 Å². The van der Waals surface area contributed by atoms with Crippen LogP contribution < -0.4 is 5.73 Å². The normalized spacial score (nSPS) is 12.7. The van der Waals surface area contributed by atoms with E-state index in [2.05, 4.69) is 10.1 Å². The summed E-state index contributed by atoms with van der Waals surface area (Å²) in [4.78, 5) is 4.02. The fraction of sp³-hybridized carbons (Fsp3) is 0.200. The Hall–Kier alpha value is -1.39. The molecule has 1 unspecified atom stereocenters. The van der Waals surface area contributed by atoms with Crippen molar-refractivity contribution in [1.82, 2.24) is 14.8 Å². The molecule has 0 aliphatic carbocycles. The number of rotatable bonds is 2. The maximum Gasteiger partial charge on any atom is 0.0837 e. The zero-order valence-electron chi connectivity index (χ0n) is 8.26. The van der Waals surface area contributed by atoms with Crippen molar-refractivity contribution in [2.24, 2.45) is 12.8 Å². The lowest BCUT2D eigenvalue weighted by atomic mass is 10.1. The van der Waals surface area contributed by atoms with E-state index in [4.69, 9.17) is 17.3 Å². The zero-order chi connectivity index (χ0) is 10.8. The van der Waals surface area contributed by atoms with E-state index in [0.717, 1.165) is 11.3 Å². The quantitative estimate of drug-likeness (QED) is 0.838. The molecule has 0 bridgehead atoms. The van der Waals surface area contributed by atoms with E-state index in [1.807, 2.05) is 19.2 Å². The van der Waals surface area contributed by atoms with Crippen LogP contribution in [0.3, 0.4) is 0 Å². The van der Waals surface area contributed by atoms with Crippen molar-refractivity contribution in [1.29, 1.82) is 0 Å². The molecule has 0 radical (unpaired) electrons. The highest BCUT2D eigenvalue weighted by molar-refractivity contribution is 6.31. The SMILES string of the molecule is Cn1ncc(Cl)c1C(N)c1cccnc1. The number of halogens is 1. The highest BCUT2D eigenvalue weighted by Crippen LogP contribution is 2.24. The third-order valence-electron chi connectivity index (χ3n) is 2.28. The van der Waals surface area contributed by atoms with Gasteiger partial charge in [-0.2, -0.15) is 5.10 Å². The molecule has 0 spiro atoms. The van der Waals surface area contributed by atoms with Gasteiger partial charge in [-0.25, -0.2) is 0 Å². The molecular weight excluding hydrogens is 212 g/mol. The van der Waals surface area contributed by atoms with Gasteiger partial charge in [-0.3, -0.25) is 9.67 Å². The van der Waals surface area contributed by atoms with Crippen molar-refractivity contribution in [3.8, 4) is 0 Å². The van der Waals surface area contributed by atoms with Crippen molar-refractivity contribution < 1.29 is 0 Å². The average Bonchev–Trinajstić information content (AvgIpc) is 2.59. The van der Waals surface area contributed by atoms with Crippen molar-refractivity contribution in [2.45, 2.75) is 6.04 Å². The van der Waals surface area contributed by atoms with Crippen molar-refractivity contribution in [3.05, 3.63) is 47.0 Å². The third kappa shape index (κ3) is 1.86. The molecule has 0 saturated heterocycles. The molecule has 0 saturated carbocycles. The van der Waals surface area contributed by atoms with Crippen LogP contribution in [0.15, 0.2) is 30.7 Å². The van der Waals surface area contributed by atoms with Gasteiger partial charge in [0.25, 0.3) is 0 Å². The molecule has 4 nitrogen and oxygen atoms in total. The van der Waals surface area contributed by atoms with Gasteiger partial charge in [-0.05, 0) is 11.6 Å². The van der Waals surface area contributed by atoms with Crippen LogP contribution in [-0.2, 0) is 7.05 Å².